The summed E-state index contributed by atoms with van der Waals surface area (Å²) in [5.74, 6) is -0.293. The first-order valence-corrected chi connectivity index (χ1v) is 7.10. The summed E-state index contributed by atoms with van der Waals surface area (Å²) < 4.78 is 0. The van der Waals surface area contributed by atoms with E-state index in [4.69, 9.17) is 0 Å². The topological polar surface area (TPSA) is 88.0 Å². The molecule has 3 aromatic rings. The van der Waals surface area contributed by atoms with Crippen molar-refractivity contribution in [1.82, 2.24) is 4.98 Å². The lowest BCUT2D eigenvalue weighted by atomic mass is 10.1. The number of nitrogens with zero attached hydrogens (tertiary/aromatic N) is 1. The van der Waals surface area contributed by atoms with Crippen LogP contribution in [0, 0.1) is 24.0 Å². The van der Waals surface area contributed by atoms with Crippen molar-refractivity contribution in [2.24, 2.45) is 0 Å². The Morgan fingerprint density at radius 3 is 2.48 bits per heavy atom. The minimum absolute atomic E-state index is 0.0408. The molecule has 0 saturated carbocycles. The fourth-order valence-corrected chi connectivity index (χ4v) is 2.55. The van der Waals surface area contributed by atoms with Gasteiger partial charge >= 0.3 is 0 Å². The van der Waals surface area contributed by atoms with Gasteiger partial charge in [-0.1, -0.05) is 17.7 Å². The van der Waals surface area contributed by atoms with Crippen molar-refractivity contribution in [2.45, 2.75) is 13.8 Å². The van der Waals surface area contributed by atoms with Crippen LogP contribution in [-0.2, 0) is 0 Å². The van der Waals surface area contributed by atoms with Crippen molar-refractivity contribution >= 4 is 28.2 Å². The van der Waals surface area contributed by atoms with Crippen LogP contribution in [-0.4, -0.2) is 15.8 Å². The first-order valence-electron chi connectivity index (χ1n) is 7.10. The number of aromatic amines is 1. The highest BCUT2D eigenvalue weighted by molar-refractivity contribution is 6.14. The van der Waals surface area contributed by atoms with E-state index in [-0.39, 0.29) is 11.6 Å². The lowest BCUT2D eigenvalue weighted by molar-refractivity contribution is -0.384. The minimum atomic E-state index is -0.469. The van der Waals surface area contributed by atoms with Crippen LogP contribution in [0.4, 0.5) is 11.4 Å². The first kappa shape index (κ1) is 14.8. The van der Waals surface area contributed by atoms with Crippen LogP contribution in [0.1, 0.15) is 21.6 Å². The van der Waals surface area contributed by atoms with Crippen LogP contribution in [0.25, 0.3) is 10.9 Å². The number of nitro benzene ring substituents is 1. The summed E-state index contributed by atoms with van der Waals surface area (Å²) in [5, 5.41) is 14.3. The molecule has 2 aromatic carbocycles. The van der Waals surface area contributed by atoms with Crippen LogP contribution in [0.15, 0.2) is 42.5 Å². The Morgan fingerprint density at radius 1 is 1.13 bits per heavy atom. The number of hydrogen-bond donors (Lipinski definition) is 2. The molecule has 0 spiro atoms. The Morgan fingerprint density at radius 2 is 1.83 bits per heavy atom. The van der Waals surface area contributed by atoms with Crippen LogP contribution in [0.2, 0.25) is 0 Å². The summed E-state index contributed by atoms with van der Waals surface area (Å²) in [6, 6.07) is 11.9. The Kier molecular flexibility index (Phi) is 3.57. The number of nitrogens with one attached hydrogen (secondary N) is 2. The molecule has 116 valence electrons. The van der Waals surface area contributed by atoms with Crippen molar-refractivity contribution in [3.63, 3.8) is 0 Å². The fraction of sp³-hybridized carbons (Fsp3) is 0.118. The van der Waals surface area contributed by atoms with Gasteiger partial charge in [0.2, 0.25) is 0 Å². The summed E-state index contributed by atoms with van der Waals surface area (Å²) in [6.45, 7) is 3.74. The summed E-state index contributed by atoms with van der Waals surface area (Å²) in [7, 11) is 0. The molecule has 0 unspecified atom stereocenters. The number of H-pyrrole nitrogens is 1. The molecule has 3 rings (SSSR count). The molecule has 6 heteroatoms. The third kappa shape index (κ3) is 2.78. The molecule has 0 aliphatic heterocycles. The summed E-state index contributed by atoms with van der Waals surface area (Å²) in [6.07, 6.45) is 0. The minimum Gasteiger partial charge on any atom is -0.358 e. The number of rotatable bonds is 3. The van der Waals surface area contributed by atoms with Gasteiger partial charge in [-0.05, 0) is 32.0 Å². The molecule has 0 atom stereocenters. The molecule has 6 nitrogen and oxygen atoms in total. The maximum atomic E-state index is 12.6. The van der Waals surface area contributed by atoms with Crippen molar-refractivity contribution < 1.29 is 9.72 Å². The zero-order chi connectivity index (χ0) is 16.6. The second kappa shape index (κ2) is 5.57. The number of non-ortho nitro benzene ring substituents is 1. The normalized spacial score (nSPS) is 10.7. The third-order valence-electron chi connectivity index (χ3n) is 3.72. The number of amides is 1. The second-order valence-electron chi connectivity index (χ2n) is 5.43. The number of aryl methyl sites for hydroxylation is 2. The van der Waals surface area contributed by atoms with Gasteiger partial charge in [0.25, 0.3) is 11.6 Å². The highest BCUT2D eigenvalue weighted by Crippen LogP contribution is 2.27. The second-order valence-corrected chi connectivity index (χ2v) is 5.43. The number of hydrogen-bond acceptors (Lipinski definition) is 3. The van der Waals surface area contributed by atoms with Crippen molar-refractivity contribution in [1.29, 1.82) is 0 Å². The molecular weight excluding hydrogens is 294 g/mol. The van der Waals surface area contributed by atoms with E-state index in [1.807, 2.05) is 31.2 Å². The third-order valence-corrected chi connectivity index (χ3v) is 3.72. The van der Waals surface area contributed by atoms with E-state index >= 15 is 0 Å². The highest BCUT2D eigenvalue weighted by Gasteiger charge is 2.18. The number of fused-ring (bicyclic) bond motifs is 1. The Balaban J connectivity index is 2.02. The molecule has 0 saturated heterocycles. The zero-order valence-corrected chi connectivity index (χ0v) is 12.7. The number of benzene rings is 2. The molecule has 23 heavy (non-hydrogen) atoms. The van der Waals surface area contributed by atoms with Crippen LogP contribution in [0.3, 0.4) is 0 Å². The van der Waals surface area contributed by atoms with Crippen LogP contribution < -0.4 is 5.32 Å². The van der Waals surface area contributed by atoms with Crippen LogP contribution >= 0.6 is 0 Å². The molecule has 1 aromatic heterocycles. The molecule has 0 bridgehead atoms. The predicted molar refractivity (Wildman–Crippen MR) is 88.8 cm³/mol. The molecular formula is C17H15N3O3. The number of aromatic nitrogens is 1. The van der Waals surface area contributed by atoms with Gasteiger partial charge in [-0.3, -0.25) is 14.9 Å². The summed E-state index contributed by atoms with van der Waals surface area (Å²) >= 11 is 0. The van der Waals surface area contributed by atoms with E-state index in [1.165, 1.54) is 12.1 Å². The zero-order valence-electron chi connectivity index (χ0n) is 12.7. The molecule has 1 heterocycles. The monoisotopic (exact) mass is 309 g/mol. The Bertz CT molecular complexity index is 911. The van der Waals surface area contributed by atoms with Gasteiger partial charge in [0.1, 0.15) is 0 Å². The van der Waals surface area contributed by atoms with Gasteiger partial charge in [-0.2, -0.15) is 0 Å². The SMILES string of the molecule is Cc1ccc(NC(=O)c2c(C)[nH]c3ccc([N+](=O)[O-])cc23)cc1. The number of carbonyl (C=O) groups excluding carboxylic acids is 1. The van der Waals surface area contributed by atoms with E-state index in [9.17, 15) is 14.9 Å². The fourth-order valence-electron chi connectivity index (χ4n) is 2.55. The lowest BCUT2D eigenvalue weighted by Gasteiger charge is -2.06. The molecule has 0 radical (unpaired) electrons. The van der Waals surface area contributed by atoms with Gasteiger partial charge in [0.15, 0.2) is 0 Å². The summed E-state index contributed by atoms with van der Waals surface area (Å²) in [5.41, 5.74) is 3.53. The van der Waals surface area contributed by atoms with E-state index < -0.39 is 4.92 Å². The van der Waals surface area contributed by atoms with E-state index in [2.05, 4.69) is 10.3 Å². The van der Waals surface area contributed by atoms with E-state index in [1.54, 1.807) is 13.0 Å². The number of anilines is 1. The maximum absolute atomic E-state index is 12.6. The predicted octanol–water partition coefficient (Wildman–Crippen LogP) is 3.95. The maximum Gasteiger partial charge on any atom is 0.270 e. The molecule has 2 N–H and O–H groups in total. The van der Waals surface area contributed by atoms with Gasteiger partial charge in [0.05, 0.1) is 10.5 Å². The largest absolute Gasteiger partial charge is 0.358 e. The van der Waals surface area contributed by atoms with Gasteiger partial charge in [0, 0.05) is 34.4 Å². The van der Waals surface area contributed by atoms with Crippen molar-refractivity contribution in [2.75, 3.05) is 5.32 Å². The lowest BCUT2D eigenvalue weighted by Crippen LogP contribution is -2.12. The molecule has 1 amide bonds. The molecule has 0 fully saturated rings. The number of carbonyl (C=O) groups is 1. The van der Waals surface area contributed by atoms with Gasteiger partial charge in [-0.25, -0.2) is 0 Å². The first-order chi connectivity index (χ1) is 11.0. The van der Waals surface area contributed by atoms with Gasteiger partial charge in [-0.15, -0.1) is 0 Å². The standard InChI is InChI=1S/C17H15N3O3/c1-10-3-5-12(6-4-10)19-17(21)16-11(2)18-15-8-7-13(20(22)23)9-14(15)16/h3-9,18H,1-2H3,(H,19,21). The van der Waals surface area contributed by atoms with Crippen molar-refractivity contribution in [3.05, 3.63) is 69.4 Å². The molecule has 0 aliphatic rings. The van der Waals surface area contributed by atoms with Crippen LogP contribution in [0.5, 0.6) is 0 Å². The Hall–Kier alpha value is -3.15. The Labute approximate surface area is 132 Å². The van der Waals surface area contributed by atoms with E-state index in [0.29, 0.717) is 27.8 Å². The average Bonchev–Trinajstić information content (AvgIpc) is 2.84. The number of nitro groups is 1. The molecule has 0 aliphatic carbocycles. The van der Waals surface area contributed by atoms with Crippen molar-refractivity contribution in [3.8, 4) is 0 Å². The quantitative estimate of drug-likeness (QED) is 0.567. The average molecular weight is 309 g/mol. The van der Waals surface area contributed by atoms with Gasteiger partial charge < -0.3 is 10.3 Å². The van der Waals surface area contributed by atoms with E-state index in [0.717, 1.165) is 5.56 Å². The highest BCUT2D eigenvalue weighted by atomic mass is 16.6. The summed E-state index contributed by atoms with van der Waals surface area (Å²) in [4.78, 5) is 26.1. The smallest absolute Gasteiger partial charge is 0.270 e.